The fourth-order valence-corrected chi connectivity index (χ4v) is 2.62. The number of nitrogens with two attached hydrogens (primary N) is 1. The van der Waals surface area contributed by atoms with Gasteiger partial charge in [-0.15, -0.1) is 0 Å². The third-order valence-corrected chi connectivity index (χ3v) is 3.72. The van der Waals surface area contributed by atoms with Crippen LogP contribution in [0.25, 0.3) is 0 Å². The van der Waals surface area contributed by atoms with Crippen LogP contribution in [0, 0.1) is 11.6 Å². The van der Waals surface area contributed by atoms with Gasteiger partial charge in [0, 0.05) is 17.4 Å². The fourth-order valence-electron chi connectivity index (χ4n) is 2.47. The van der Waals surface area contributed by atoms with Crippen molar-refractivity contribution in [1.82, 2.24) is 4.98 Å². The predicted molar refractivity (Wildman–Crippen MR) is 81.8 cm³/mol. The molecule has 108 valence electrons. The summed E-state index contributed by atoms with van der Waals surface area (Å²) in [6, 6.07) is 5.51. The van der Waals surface area contributed by atoms with Crippen molar-refractivity contribution < 1.29 is 8.78 Å². The number of hydrogen-bond donors (Lipinski definition) is 2. The Balaban J connectivity index is 2.01. The molecule has 1 aliphatic rings. The van der Waals surface area contributed by atoms with Crippen molar-refractivity contribution in [2.24, 2.45) is 5.73 Å². The van der Waals surface area contributed by atoms with Crippen molar-refractivity contribution in [3.63, 3.8) is 0 Å². The standard InChI is InChI=1S/C15H13F2N3S/c16-11-5-4-9(7-12(11)17)19-15-10(14(18)21)6-8-2-1-3-13(8)20-15/h4-7H,1-3H2,(H2,18,21)(H,19,20). The monoisotopic (exact) mass is 305 g/mol. The first-order valence-electron chi connectivity index (χ1n) is 6.59. The number of anilines is 2. The Morgan fingerprint density at radius 2 is 2.00 bits per heavy atom. The molecule has 3 N–H and O–H groups in total. The van der Waals surface area contributed by atoms with Crippen LogP contribution in [0.1, 0.15) is 23.2 Å². The smallest absolute Gasteiger partial charge is 0.160 e. The maximum absolute atomic E-state index is 13.3. The summed E-state index contributed by atoms with van der Waals surface area (Å²) in [6.07, 6.45) is 2.91. The van der Waals surface area contributed by atoms with E-state index in [4.69, 9.17) is 18.0 Å². The van der Waals surface area contributed by atoms with Crippen molar-refractivity contribution in [3.8, 4) is 0 Å². The van der Waals surface area contributed by atoms with E-state index >= 15 is 0 Å². The van der Waals surface area contributed by atoms with Gasteiger partial charge in [0.05, 0.1) is 5.56 Å². The van der Waals surface area contributed by atoms with Crippen LogP contribution in [0.4, 0.5) is 20.3 Å². The first-order valence-corrected chi connectivity index (χ1v) is 7.00. The third kappa shape index (κ3) is 2.71. The molecule has 1 heterocycles. The molecule has 0 bridgehead atoms. The number of nitrogens with one attached hydrogen (secondary N) is 1. The molecule has 0 radical (unpaired) electrons. The number of aryl methyl sites for hydroxylation is 2. The van der Waals surface area contributed by atoms with Crippen molar-refractivity contribution >= 4 is 28.7 Å². The van der Waals surface area contributed by atoms with E-state index < -0.39 is 11.6 Å². The van der Waals surface area contributed by atoms with E-state index in [1.165, 1.54) is 6.07 Å². The van der Waals surface area contributed by atoms with E-state index in [-0.39, 0.29) is 4.99 Å². The molecule has 3 rings (SSSR count). The Bertz CT molecular complexity index is 731. The average Bonchev–Trinajstić information content (AvgIpc) is 2.89. The van der Waals surface area contributed by atoms with Crippen LogP contribution in [-0.2, 0) is 12.8 Å². The van der Waals surface area contributed by atoms with Gasteiger partial charge in [-0.1, -0.05) is 12.2 Å². The lowest BCUT2D eigenvalue weighted by molar-refractivity contribution is 0.509. The molecule has 0 spiro atoms. The zero-order valence-electron chi connectivity index (χ0n) is 11.1. The van der Waals surface area contributed by atoms with E-state index in [0.29, 0.717) is 17.1 Å². The Kier molecular flexibility index (Phi) is 3.55. The minimum Gasteiger partial charge on any atom is -0.389 e. The van der Waals surface area contributed by atoms with Gasteiger partial charge in [0.1, 0.15) is 10.8 Å². The lowest BCUT2D eigenvalue weighted by Gasteiger charge is -2.13. The molecule has 0 unspecified atom stereocenters. The normalized spacial score (nSPS) is 13.0. The van der Waals surface area contributed by atoms with Crippen LogP contribution in [-0.4, -0.2) is 9.97 Å². The zero-order valence-corrected chi connectivity index (χ0v) is 11.9. The SMILES string of the molecule is NC(=S)c1cc2c(nc1Nc1ccc(F)c(F)c1)CCC2. The van der Waals surface area contributed by atoms with Crippen LogP contribution in [0.5, 0.6) is 0 Å². The van der Waals surface area contributed by atoms with Crippen LogP contribution >= 0.6 is 12.2 Å². The zero-order chi connectivity index (χ0) is 15.0. The fraction of sp³-hybridized carbons (Fsp3) is 0.200. The molecule has 0 aliphatic heterocycles. The molecule has 6 heteroatoms. The van der Waals surface area contributed by atoms with Crippen molar-refractivity contribution in [2.75, 3.05) is 5.32 Å². The van der Waals surface area contributed by atoms with Crippen LogP contribution < -0.4 is 11.1 Å². The Morgan fingerprint density at radius 1 is 1.19 bits per heavy atom. The van der Waals surface area contributed by atoms with Gasteiger partial charge in [-0.25, -0.2) is 13.8 Å². The highest BCUT2D eigenvalue weighted by molar-refractivity contribution is 7.80. The minimum absolute atomic E-state index is 0.224. The molecule has 2 aromatic rings. The first-order chi connectivity index (χ1) is 10.0. The van der Waals surface area contributed by atoms with Gasteiger partial charge in [-0.05, 0) is 43.0 Å². The molecule has 1 aromatic carbocycles. The van der Waals surface area contributed by atoms with E-state index in [1.54, 1.807) is 0 Å². The summed E-state index contributed by atoms with van der Waals surface area (Å²) in [5.41, 5.74) is 8.90. The second-order valence-corrected chi connectivity index (χ2v) is 5.40. The number of thiocarbonyl (C=S) groups is 1. The summed E-state index contributed by atoms with van der Waals surface area (Å²) in [7, 11) is 0. The highest BCUT2D eigenvalue weighted by atomic mass is 32.1. The number of hydrogen-bond acceptors (Lipinski definition) is 3. The summed E-state index contributed by atoms with van der Waals surface area (Å²) in [5.74, 6) is -1.33. The van der Waals surface area contributed by atoms with E-state index in [0.717, 1.165) is 42.7 Å². The number of aromatic nitrogens is 1. The molecule has 0 fully saturated rings. The lowest BCUT2D eigenvalue weighted by atomic mass is 10.1. The second kappa shape index (κ2) is 5.37. The maximum Gasteiger partial charge on any atom is 0.160 e. The third-order valence-electron chi connectivity index (χ3n) is 3.50. The average molecular weight is 305 g/mol. The summed E-state index contributed by atoms with van der Waals surface area (Å²) in [5, 5.41) is 2.97. The minimum atomic E-state index is -0.918. The van der Waals surface area contributed by atoms with Gasteiger partial charge < -0.3 is 11.1 Å². The number of rotatable bonds is 3. The molecule has 3 nitrogen and oxygen atoms in total. The van der Waals surface area contributed by atoms with Crippen molar-refractivity contribution in [2.45, 2.75) is 19.3 Å². The maximum atomic E-state index is 13.3. The quantitative estimate of drug-likeness (QED) is 0.855. The van der Waals surface area contributed by atoms with Gasteiger partial charge in [0.25, 0.3) is 0 Å². The van der Waals surface area contributed by atoms with Gasteiger partial charge in [0.2, 0.25) is 0 Å². The molecular weight excluding hydrogens is 292 g/mol. The summed E-state index contributed by atoms with van der Waals surface area (Å²) in [4.78, 5) is 4.75. The van der Waals surface area contributed by atoms with Gasteiger partial charge in [0.15, 0.2) is 11.6 Å². The molecule has 0 atom stereocenters. The predicted octanol–water partition coefficient (Wildman–Crippen LogP) is 3.23. The van der Waals surface area contributed by atoms with Gasteiger partial charge in [-0.3, -0.25) is 0 Å². The number of fused-ring (bicyclic) bond motifs is 1. The highest BCUT2D eigenvalue weighted by Gasteiger charge is 2.18. The molecule has 0 amide bonds. The Morgan fingerprint density at radius 3 is 2.71 bits per heavy atom. The van der Waals surface area contributed by atoms with Gasteiger partial charge >= 0.3 is 0 Å². The van der Waals surface area contributed by atoms with Crippen molar-refractivity contribution in [1.29, 1.82) is 0 Å². The molecule has 1 aliphatic carbocycles. The van der Waals surface area contributed by atoms with E-state index in [2.05, 4.69) is 10.3 Å². The number of pyridine rings is 1. The summed E-state index contributed by atoms with van der Waals surface area (Å²) >= 11 is 5.05. The highest BCUT2D eigenvalue weighted by Crippen LogP contribution is 2.27. The largest absolute Gasteiger partial charge is 0.389 e. The van der Waals surface area contributed by atoms with E-state index in [1.807, 2.05) is 6.07 Å². The van der Waals surface area contributed by atoms with Gasteiger partial charge in [-0.2, -0.15) is 0 Å². The van der Waals surface area contributed by atoms with Crippen LogP contribution in [0.3, 0.4) is 0 Å². The summed E-state index contributed by atoms with van der Waals surface area (Å²) < 4.78 is 26.2. The van der Waals surface area contributed by atoms with E-state index in [9.17, 15) is 8.78 Å². The molecule has 21 heavy (non-hydrogen) atoms. The molecule has 0 saturated carbocycles. The second-order valence-electron chi connectivity index (χ2n) is 4.96. The number of nitrogens with zero attached hydrogens (tertiary/aromatic N) is 1. The summed E-state index contributed by atoms with van der Waals surface area (Å²) in [6.45, 7) is 0. The molecule has 0 saturated heterocycles. The van der Waals surface area contributed by atoms with Crippen molar-refractivity contribution in [3.05, 3.63) is 52.7 Å². The van der Waals surface area contributed by atoms with Crippen LogP contribution in [0.15, 0.2) is 24.3 Å². The lowest BCUT2D eigenvalue weighted by Crippen LogP contribution is -2.14. The topological polar surface area (TPSA) is 50.9 Å². The number of benzene rings is 1. The Hall–Kier alpha value is -2.08. The number of halogens is 2. The van der Waals surface area contributed by atoms with Crippen LogP contribution in [0.2, 0.25) is 0 Å². The molecular formula is C15H13F2N3S. The Labute approximate surface area is 126 Å². The first kappa shape index (κ1) is 13.9. The molecule has 1 aromatic heterocycles.